The first kappa shape index (κ1) is 13.5. The molecule has 0 radical (unpaired) electrons. The lowest BCUT2D eigenvalue weighted by Crippen LogP contribution is -2.16. The Balaban J connectivity index is 2.06. The maximum Gasteiger partial charge on any atom is 0.0701 e. The van der Waals surface area contributed by atoms with E-state index in [0.717, 1.165) is 21.7 Å². The lowest BCUT2D eigenvalue weighted by atomic mass is 10.2. The number of halogens is 1. The zero-order valence-corrected chi connectivity index (χ0v) is 12.8. The van der Waals surface area contributed by atoms with E-state index in [2.05, 4.69) is 50.4 Å². The fraction of sp³-hybridized carbons (Fsp3) is 0.308. The molecular weight excluding hydrogens is 310 g/mol. The molecule has 0 aliphatic rings. The minimum atomic E-state index is -0.0165. The third-order valence-electron chi connectivity index (χ3n) is 2.72. The van der Waals surface area contributed by atoms with Gasteiger partial charge < -0.3 is 10.6 Å². The van der Waals surface area contributed by atoms with E-state index in [0.29, 0.717) is 0 Å². The molecule has 3 nitrogen and oxygen atoms in total. The molecule has 2 N–H and O–H groups in total. The van der Waals surface area contributed by atoms with Gasteiger partial charge >= 0.3 is 0 Å². The molecule has 96 valence electrons. The van der Waals surface area contributed by atoms with Gasteiger partial charge in [-0.15, -0.1) is 11.3 Å². The van der Waals surface area contributed by atoms with Gasteiger partial charge in [0.25, 0.3) is 0 Å². The molecule has 1 unspecified atom stereocenters. The Hall–Kier alpha value is -0.910. The van der Waals surface area contributed by atoms with Crippen LogP contribution in [0.2, 0.25) is 0 Å². The van der Waals surface area contributed by atoms with Crippen LogP contribution in [0.5, 0.6) is 0 Å². The fourth-order valence-corrected chi connectivity index (χ4v) is 2.89. The Bertz CT molecular complexity index is 507. The number of nitrogens with zero attached hydrogens (tertiary/aromatic N) is 2. The molecule has 2 rings (SSSR count). The zero-order valence-electron chi connectivity index (χ0n) is 10.4. The zero-order chi connectivity index (χ0) is 13.1. The molecule has 1 atom stereocenters. The van der Waals surface area contributed by atoms with Gasteiger partial charge in [-0.2, -0.15) is 0 Å². The number of pyridine rings is 1. The summed E-state index contributed by atoms with van der Waals surface area (Å²) in [6.45, 7) is 2.82. The van der Waals surface area contributed by atoms with Gasteiger partial charge in [0, 0.05) is 19.6 Å². The minimum Gasteiger partial charge on any atom is -0.369 e. The summed E-state index contributed by atoms with van der Waals surface area (Å²) in [5.74, 6) is 0. The van der Waals surface area contributed by atoms with Crippen molar-refractivity contribution in [2.75, 3.05) is 11.9 Å². The van der Waals surface area contributed by atoms with Crippen molar-refractivity contribution in [2.45, 2.75) is 19.5 Å². The van der Waals surface area contributed by atoms with Gasteiger partial charge in [0.05, 0.1) is 21.4 Å². The van der Waals surface area contributed by atoms with Crippen molar-refractivity contribution in [1.29, 1.82) is 0 Å². The fourth-order valence-electron chi connectivity index (χ4n) is 1.69. The van der Waals surface area contributed by atoms with E-state index < -0.39 is 0 Å². The highest BCUT2D eigenvalue weighted by Gasteiger charge is 2.06. The Kier molecular flexibility index (Phi) is 4.37. The van der Waals surface area contributed by atoms with Crippen LogP contribution in [0.3, 0.4) is 0 Å². The lowest BCUT2D eigenvalue weighted by Gasteiger charge is -2.18. The van der Waals surface area contributed by atoms with Gasteiger partial charge in [0.1, 0.15) is 0 Å². The molecule has 5 heteroatoms. The average Bonchev–Trinajstić information content (AvgIpc) is 2.75. The van der Waals surface area contributed by atoms with Gasteiger partial charge in [0.15, 0.2) is 0 Å². The van der Waals surface area contributed by atoms with Crippen LogP contribution in [0.1, 0.15) is 24.2 Å². The monoisotopic (exact) mass is 325 g/mol. The van der Waals surface area contributed by atoms with E-state index in [4.69, 9.17) is 5.73 Å². The third kappa shape index (κ3) is 3.31. The molecule has 0 aromatic carbocycles. The van der Waals surface area contributed by atoms with E-state index >= 15 is 0 Å². The molecule has 0 spiro atoms. The summed E-state index contributed by atoms with van der Waals surface area (Å²) in [5, 5.41) is 2.16. The topological polar surface area (TPSA) is 42.1 Å². The second kappa shape index (κ2) is 5.82. The number of nitrogens with two attached hydrogens (primary N) is 1. The molecular formula is C13H16BrN3S. The van der Waals surface area contributed by atoms with E-state index in [1.807, 2.05) is 19.2 Å². The highest BCUT2D eigenvalue weighted by molar-refractivity contribution is 9.11. The number of rotatable bonds is 4. The van der Waals surface area contributed by atoms with Crippen LogP contribution in [0, 0.1) is 0 Å². The first-order chi connectivity index (χ1) is 8.56. The summed E-state index contributed by atoms with van der Waals surface area (Å²) < 4.78 is 1.16. The molecule has 0 aliphatic carbocycles. The van der Waals surface area contributed by atoms with Gasteiger partial charge in [-0.05, 0) is 52.0 Å². The standard InChI is InChI=1S/C13H16BrN3S/c1-9(15)12-4-3-11(6-16-12)17(2)7-10-5-13(14)18-8-10/h3-6,8-9H,7,15H2,1-2H3. The van der Waals surface area contributed by atoms with Gasteiger partial charge in [0.2, 0.25) is 0 Å². The summed E-state index contributed by atoms with van der Waals surface area (Å²) in [7, 11) is 2.06. The SMILES string of the molecule is CC(N)c1ccc(N(C)Cc2csc(Br)c2)cn1. The molecule has 0 saturated heterocycles. The van der Waals surface area contributed by atoms with Crippen LogP contribution >= 0.6 is 27.3 Å². The van der Waals surface area contributed by atoms with E-state index in [9.17, 15) is 0 Å². The Labute approximate surface area is 120 Å². The van der Waals surface area contributed by atoms with Crippen molar-refractivity contribution in [1.82, 2.24) is 4.98 Å². The van der Waals surface area contributed by atoms with Crippen molar-refractivity contribution in [2.24, 2.45) is 5.73 Å². The normalized spacial score (nSPS) is 12.4. The van der Waals surface area contributed by atoms with E-state index in [-0.39, 0.29) is 6.04 Å². The molecule has 2 aromatic rings. The molecule has 0 fully saturated rings. The molecule has 2 aromatic heterocycles. The predicted molar refractivity (Wildman–Crippen MR) is 81.0 cm³/mol. The molecule has 18 heavy (non-hydrogen) atoms. The summed E-state index contributed by atoms with van der Waals surface area (Å²) in [4.78, 5) is 6.55. The molecule has 0 aliphatic heterocycles. The van der Waals surface area contributed by atoms with Crippen molar-refractivity contribution in [3.05, 3.63) is 44.8 Å². The average molecular weight is 326 g/mol. The number of thiophene rings is 1. The van der Waals surface area contributed by atoms with Crippen LogP contribution in [-0.2, 0) is 6.54 Å². The number of anilines is 1. The number of hydrogen-bond acceptors (Lipinski definition) is 4. The largest absolute Gasteiger partial charge is 0.369 e. The third-order valence-corrected chi connectivity index (χ3v) is 4.27. The van der Waals surface area contributed by atoms with Crippen LogP contribution in [-0.4, -0.2) is 12.0 Å². The molecule has 2 heterocycles. The summed E-state index contributed by atoms with van der Waals surface area (Å²) in [5.41, 5.74) is 9.10. The second-order valence-corrected chi connectivity index (χ2v) is 6.64. The first-order valence-electron chi connectivity index (χ1n) is 5.72. The van der Waals surface area contributed by atoms with Crippen molar-refractivity contribution in [3.8, 4) is 0 Å². The van der Waals surface area contributed by atoms with Crippen molar-refractivity contribution >= 4 is 33.0 Å². The van der Waals surface area contributed by atoms with Crippen LogP contribution in [0.25, 0.3) is 0 Å². The van der Waals surface area contributed by atoms with E-state index in [1.54, 1.807) is 11.3 Å². The molecule has 0 bridgehead atoms. The molecule has 0 amide bonds. The number of hydrogen-bond donors (Lipinski definition) is 1. The highest BCUT2D eigenvalue weighted by Crippen LogP contribution is 2.23. The molecule has 0 saturated carbocycles. The van der Waals surface area contributed by atoms with Crippen molar-refractivity contribution < 1.29 is 0 Å². The number of aromatic nitrogens is 1. The van der Waals surface area contributed by atoms with Crippen LogP contribution in [0.4, 0.5) is 5.69 Å². The lowest BCUT2D eigenvalue weighted by molar-refractivity contribution is 0.779. The summed E-state index contributed by atoms with van der Waals surface area (Å²) in [6.07, 6.45) is 1.88. The Morgan fingerprint density at radius 1 is 1.50 bits per heavy atom. The minimum absolute atomic E-state index is 0.0165. The summed E-state index contributed by atoms with van der Waals surface area (Å²) >= 11 is 5.18. The highest BCUT2D eigenvalue weighted by atomic mass is 79.9. The van der Waals surface area contributed by atoms with Gasteiger partial charge in [-0.3, -0.25) is 4.98 Å². The maximum absolute atomic E-state index is 5.79. The quantitative estimate of drug-likeness (QED) is 0.934. The van der Waals surface area contributed by atoms with Crippen molar-refractivity contribution in [3.63, 3.8) is 0 Å². The predicted octanol–water partition coefficient (Wildman–Crippen LogP) is 3.56. The van der Waals surface area contributed by atoms with Crippen LogP contribution in [0.15, 0.2) is 33.6 Å². The van der Waals surface area contributed by atoms with Gasteiger partial charge in [-0.25, -0.2) is 0 Å². The van der Waals surface area contributed by atoms with Crippen LogP contribution < -0.4 is 10.6 Å². The first-order valence-corrected chi connectivity index (χ1v) is 7.39. The Morgan fingerprint density at radius 3 is 2.78 bits per heavy atom. The second-order valence-electron chi connectivity index (χ2n) is 4.35. The Morgan fingerprint density at radius 2 is 2.28 bits per heavy atom. The smallest absolute Gasteiger partial charge is 0.0701 e. The summed E-state index contributed by atoms with van der Waals surface area (Å²) in [6, 6.07) is 6.18. The van der Waals surface area contributed by atoms with Gasteiger partial charge in [-0.1, -0.05) is 0 Å². The maximum atomic E-state index is 5.79. The van der Waals surface area contributed by atoms with E-state index in [1.165, 1.54) is 5.56 Å².